The van der Waals surface area contributed by atoms with Crippen molar-refractivity contribution in [2.75, 3.05) is 13.7 Å². The number of aryl methyl sites for hydroxylation is 1. The maximum Gasteiger partial charge on any atom is 0.259 e. The Balaban J connectivity index is 1.90. The molecule has 7 heteroatoms. The summed E-state index contributed by atoms with van der Waals surface area (Å²) in [5.41, 5.74) is 1.41. The molecule has 0 spiro atoms. The molecule has 0 saturated carbocycles. The number of benzene rings is 2. The Morgan fingerprint density at radius 3 is 2.67 bits per heavy atom. The molecule has 0 fully saturated rings. The van der Waals surface area contributed by atoms with Crippen molar-refractivity contribution in [2.45, 2.75) is 6.92 Å². The van der Waals surface area contributed by atoms with Gasteiger partial charge in [-0.2, -0.15) is 0 Å². The second-order valence-corrected chi connectivity index (χ2v) is 5.89. The van der Waals surface area contributed by atoms with Crippen LogP contribution >= 0.6 is 0 Å². The molecule has 2 aromatic carbocycles. The van der Waals surface area contributed by atoms with Gasteiger partial charge in [-0.3, -0.25) is 14.6 Å². The Kier molecular flexibility index (Phi) is 5.30. The number of ketones is 1. The molecule has 138 valence electrons. The minimum Gasteiger partial charge on any atom is -0.493 e. The lowest BCUT2D eigenvalue weighted by Gasteiger charge is -2.15. The van der Waals surface area contributed by atoms with Gasteiger partial charge in [0.1, 0.15) is 18.1 Å². The number of rotatable bonds is 5. The summed E-state index contributed by atoms with van der Waals surface area (Å²) in [5.74, 6) is -0.372. The molecule has 0 saturated heterocycles. The van der Waals surface area contributed by atoms with E-state index in [1.54, 1.807) is 18.2 Å². The number of halogens is 1. The second kappa shape index (κ2) is 7.82. The van der Waals surface area contributed by atoms with Crippen LogP contribution in [0.2, 0.25) is 0 Å². The average Bonchev–Trinajstić information content (AvgIpc) is 2.64. The van der Waals surface area contributed by atoms with Gasteiger partial charge in [0.2, 0.25) is 0 Å². The molecular weight excluding hydrogens is 351 g/mol. The van der Waals surface area contributed by atoms with Crippen LogP contribution in [-0.2, 0) is 4.79 Å². The van der Waals surface area contributed by atoms with Crippen molar-refractivity contribution in [1.82, 2.24) is 5.32 Å². The molecule has 0 radical (unpaired) electrons. The van der Waals surface area contributed by atoms with Crippen LogP contribution in [0.15, 0.2) is 53.2 Å². The smallest absolute Gasteiger partial charge is 0.259 e. The maximum atomic E-state index is 13.4. The number of methoxy groups -OCH3 is 1. The molecule has 0 aromatic heterocycles. The number of nitrogens with one attached hydrogen (secondary N) is 1. The minimum absolute atomic E-state index is 0.0720. The summed E-state index contributed by atoms with van der Waals surface area (Å²) in [5, 5.41) is 2.64. The molecule has 0 bridgehead atoms. The second-order valence-electron chi connectivity index (χ2n) is 5.89. The van der Waals surface area contributed by atoms with Crippen LogP contribution in [0.3, 0.4) is 0 Å². The fourth-order valence-electron chi connectivity index (χ4n) is 2.51. The van der Waals surface area contributed by atoms with Crippen LogP contribution in [-0.4, -0.2) is 31.6 Å². The normalized spacial score (nSPS) is 13.1. The molecular formula is C20H17FN2O4. The largest absolute Gasteiger partial charge is 0.493 e. The highest BCUT2D eigenvalue weighted by Crippen LogP contribution is 2.34. The molecule has 2 aromatic rings. The summed E-state index contributed by atoms with van der Waals surface area (Å²) in [6, 6.07) is 8.93. The Labute approximate surface area is 155 Å². The molecule has 0 aliphatic carbocycles. The number of dihydropyridines is 1. The fourth-order valence-corrected chi connectivity index (χ4v) is 2.51. The monoisotopic (exact) mass is 368 g/mol. The third kappa shape index (κ3) is 4.38. The minimum atomic E-state index is -0.464. The summed E-state index contributed by atoms with van der Waals surface area (Å²) in [7, 11) is 1.40. The zero-order valence-electron chi connectivity index (χ0n) is 14.8. The van der Waals surface area contributed by atoms with E-state index in [0.29, 0.717) is 5.70 Å². The van der Waals surface area contributed by atoms with E-state index >= 15 is 0 Å². The average molecular weight is 368 g/mol. The zero-order valence-corrected chi connectivity index (χ0v) is 14.8. The van der Waals surface area contributed by atoms with Gasteiger partial charge in [-0.05, 0) is 31.2 Å². The maximum absolute atomic E-state index is 13.4. The van der Waals surface area contributed by atoms with Gasteiger partial charge < -0.3 is 14.8 Å². The lowest BCUT2D eigenvalue weighted by molar-refractivity contribution is -0.113. The number of carbonyl (C=O) groups is 2. The van der Waals surface area contributed by atoms with E-state index in [4.69, 9.17) is 9.47 Å². The summed E-state index contributed by atoms with van der Waals surface area (Å²) >= 11 is 0. The van der Waals surface area contributed by atoms with Crippen LogP contribution in [0.1, 0.15) is 15.9 Å². The molecule has 1 heterocycles. The standard InChI is InChI=1S/C20H17FN2O4/c1-12-3-5-17(27-18-6-4-13(21)8-19(18)26-2)16(7-12)20(25)23-14-9-15(24)11-22-10-14/h3-10H,11H2,1-2H3,(H,23,25). The number of aliphatic imine (C=N–C) groups is 1. The Hall–Kier alpha value is -3.48. The number of carbonyl (C=O) groups excluding carboxylic acids is 2. The van der Waals surface area contributed by atoms with E-state index < -0.39 is 11.7 Å². The van der Waals surface area contributed by atoms with E-state index in [0.717, 1.165) is 5.56 Å². The number of amides is 1. The molecule has 3 rings (SSSR count). The first-order chi connectivity index (χ1) is 13.0. The first-order valence-corrected chi connectivity index (χ1v) is 8.14. The molecule has 0 unspecified atom stereocenters. The predicted octanol–water partition coefficient (Wildman–Crippen LogP) is 3.20. The van der Waals surface area contributed by atoms with Gasteiger partial charge in [0, 0.05) is 18.4 Å². The molecule has 1 N–H and O–H groups in total. The van der Waals surface area contributed by atoms with Crippen molar-refractivity contribution in [3.63, 3.8) is 0 Å². The van der Waals surface area contributed by atoms with E-state index in [1.165, 1.54) is 37.6 Å². The molecule has 6 nitrogen and oxygen atoms in total. The highest BCUT2D eigenvalue weighted by Gasteiger charge is 2.17. The SMILES string of the molecule is COc1cc(F)ccc1Oc1ccc(C)cc1C(=O)NC1=CC(=O)CN=C1. The quantitative estimate of drug-likeness (QED) is 0.879. The van der Waals surface area contributed by atoms with Gasteiger partial charge in [0.05, 0.1) is 18.4 Å². The van der Waals surface area contributed by atoms with Crippen LogP contribution < -0.4 is 14.8 Å². The van der Waals surface area contributed by atoms with E-state index in [9.17, 15) is 14.0 Å². The first kappa shape index (κ1) is 18.3. The number of hydrogen-bond donors (Lipinski definition) is 1. The van der Waals surface area contributed by atoms with Crippen LogP contribution in [0.25, 0.3) is 0 Å². The summed E-state index contributed by atoms with van der Waals surface area (Å²) in [6.45, 7) is 1.91. The fraction of sp³-hybridized carbons (Fsp3) is 0.150. The number of allylic oxidation sites excluding steroid dienone is 1. The van der Waals surface area contributed by atoms with Crippen molar-refractivity contribution in [1.29, 1.82) is 0 Å². The number of ether oxygens (including phenoxy) is 2. The van der Waals surface area contributed by atoms with Gasteiger partial charge in [-0.25, -0.2) is 4.39 Å². The Bertz CT molecular complexity index is 966. The Morgan fingerprint density at radius 1 is 1.15 bits per heavy atom. The van der Waals surface area contributed by atoms with Gasteiger partial charge >= 0.3 is 0 Å². The molecule has 1 aliphatic heterocycles. The topological polar surface area (TPSA) is 77.0 Å². The van der Waals surface area contributed by atoms with Crippen molar-refractivity contribution in [3.8, 4) is 17.2 Å². The lowest BCUT2D eigenvalue weighted by Crippen LogP contribution is -2.26. The van der Waals surface area contributed by atoms with Crippen LogP contribution in [0.5, 0.6) is 17.2 Å². The van der Waals surface area contributed by atoms with Crippen molar-refractivity contribution in [2.24, 2.45) is 4.99 Å². The lowest BCUT2D eigenvalue weighted by atomic mass is 10.1. The highest BCUT2D eigenvalue weighted by molar-refractivity contribution is 6.06. The van der Waals surface area contributed by atoms with Crippen molar-refractivity contribution >= 4 is 17.9 Å². The molecule has 1 aliphatic rings. The van der Waals surface area contributed by atoms with E-state index in [1.807, 2.05) is 6.92 Å². The summed E-state index contributed by atoms with van der Waals surface area (Å²) in [6.07, 6.45) is 2.75. The predicted molar refractivity (Wildman–Crippen MR) is 98.1 cm³/mol. The summed E-state index contributed by atoms with van der Waals surface area (Å²) in [4.78, 5) is 28.0. The van der Waals surface area contributed by atoms with Crippen LogP contribution in [0.4, 0.5) is 4.39 Å². The highest BCUT2D eigenvalue weighted by atomic mass is 19.1. The third-order valence-corrected chi connectivity index (χ3v) is 3.78. The Morgan fingerprint density at radius 2 is 1.93 bits per heavy atom. The van der Waals surface area contributed by atoms with Gasteiger partial charge in [-0.15, -0.1) is 0 Å². The van der Waals surface area contributed by atoms with Crippen molar-refractivity contribution < 1.29 is 23.5 Å². The van der Waals surface area contributed by atoms with Gasteiger partial charge in [0.25, 0.3) is 5.91 Å². The van der Waals surface area contributed by atoms with Crippen molar-refractivity contribution in [3.05, 3.63) is 65.1 Å². The molecule has 27 heavy (non-hydrogen) atoms. The molecule has 0 atom stereocenters. The summed E-state index contributed by atoms with van der Waals surface area (Å²) < 4.78 is 24.3. The zero-order chi connectivity index (χ0) is 19.4. The number of hydrogen-bond acceptors (Lipinski definition) is 5. The number of nitrogens with zero attached hydrogens (tertiary/aromatic N) is 1. The van der Waals surface area contributed by atoms with Gasteiger partial charge in [0.15, 0.2) is 17.3 Å². The third-order valence-electron chi connectivity index (χ3n) is 3.78. The first-order valence-electron chi connectivity index (χ1n) is 8.14. The van der Waals surface area contributed by atoms with Crippen LogP contribution in [0, 0.1) is 12.7 Å². The van der Waals surface area contributed by atoms with E-state index in [2.05, 4.69) is 10.3 Å². The van der Waals surface area contributed by atoms with Gasteiger partial charge in [-0.1, -0.05) is 11.6 Å². The van der Waals surface area contributed by atoms with E-state index in [-0.39, 0.29) is 35.1 Å². The molecule has 1 amide bonds.